The van der Waals surface area contributed by atoms with Crippen molar-refractivity contribution in [3.05, 3.63) is 47.3 Å². The molecule has 0 aliphatic carbocycles. The fourth-order valence-electron chi connectivity index (χ4n) is 2.23. The van der Waals surface area contributed by atoms with Gasteiger partial charge >= 0.3 is 0 Å². The van der Waals surface area contributed by atoms with E-state index in [2.05, 4.69) is 28.4 Å². The molecule has 3 N–H and O–H groups in total. The van der Waals surface area contributed by atoms with E-state index in [9.17, 15) is 0 Å². The van der Waals surface area contributed by atoms with Crippen LogP contribution >= 0.6 is 0 Å². The van der Waals surface area contributed by atoms with Crippen molar-refractivity contribution in [1.82, 2.24) is 9.78 Å². The summed E-state index contributed by atoms with van der Waals surface area (Å²) in [6.45, 7) is 7.67. The third-order valence-electron chi connectivity index (χ3n) is 3.20. The minimum atomic E-state index is 0.453. The number of nitrogens with zero attached hydrogens (tertiary/aromatic N) is 3. The van der Waals surface area contributed by atoms with Crippen LogP contribution in [0.15, 0.2) is 35.3 Å². The van der Waals surface area contributed by atoms with Crippen LogP contribution in [0.25, 0.3) is 0 Å². The Balaban J connectivity index is 1.80. The highest BCUT2D eigenvalue weighted by molar-refractivity contribution is 5.92. The van der Waals surface area contributed by atoms with Gasteiger partial charge in [-0.15, -0.1) is 0 Å². The van der Waals surface area contributed by atoms with E-state index in [1.54, 1.807) is 0 Å². The van der Waals surface area contributed by atoms with Crippen molar-refractivity contribution in [1.29, 1.82) is 0 Å². The first-order chi connectivity index (χ1) is 10.0. The molecule has 0 saturated heterocycles. The molecule has 0 spiro atoms. The molecule has 0 saturated carbocycles. The predicted molar refractivity (Wildman–Crippen MR) is 87.6 cm³/mol. The van der Waals surface area contributed by atoms with E-state index >= 15 is 0 Å². The van der Waals surface area contributed by atoms with Gasteiger partial charge in [0, 0.05) is 24.5 Å². The molecule has 2 aromatic rings. The molecule has 0 unspecified atom stereocenters. The maximum Gasteiger partial charge on any atom is 0.193 e. The maximum atomic E-state index is 5.89. The molecular weight excluding hydrogens is 262 g/mol. The van der Waals surface area contributed by atoms with Gasteiger partial charge in [0.15, 0.2) is 5.96 Å². The molecule has 0 radical (unpaired) electrons. The van der Waals surface area contributed by atoms with Crippen molar-refractivity contribution < 1.29 is 0 Å². The van der Waals surface area contributed by atoms with E-state index < -0.39 is 0 Å². The summed E-state index contributed by atoms with van der Waals surface area (Å²) in [5.41, 5.74) is 10.3. The minimum Gasteiger partial charge on any atom is -0.370 e. The highest BCUT2D eigenvalue weighted by Crippen LogP contribution is 2.08. The van der Waals surface area contributed by atoms with Crippen LogP contribution in [0.2, 0.25) is 0 Å². The number of benzene rings is 1. The lowest BCUT2D eigenvalue weighted by Gasteiger charge is -2.06. The van der Waals surface area contributed by atoms with Gasteiger partial charge in [-0.2, -0.15) is 5.10 Å². The molecule has 0 aliphatic rings. The second kappa shape index (κ2) is 6.92. The minimum absolute atomic E-state index is 0.453. The highest BCUT2D eigenvalue weighted by Gasteiger charge is 2.00. The Morgan fingerprint density at radius 3 is 2.76 bits per heavy atom. The quantitative estimate of drug-likeness (QED) is 0.504. The Hall–Kier alpha value is -2.30. The molecular formula is C16H23N5. The Labute approximate surface area is 125 Å². The van der Waals surface area contributed by atoms with Gasteiger partial charge in [-0.25, -0.2) is 0 Å². The van der Waals surface area contributed by atoms with Crippen molar-refractivity contribution >= 4 is 11.6 Å². The molecule has 0 atom stereocenters. The lowest BCUT2D eigenvalue weighted by Crippen LogP contribution is -2.23. The third kappa shape index (κ3) is 4.63. The number of aryl methyl sites for hydroxylation is 4. The topological polar surface area (TPSA) is 68.2 Å². The first kappa shape index (κ1) is 15.1. The molecule has 1 aromatic heterocycles. The van der Waals surface area contributed by atoms with Gasteiger partial charge in [-0.1, -0.05) is 12.1 Å². The zero-order valence-electron chi connectivity index (χ0n) is 12.9. The summed E-state index contributed by atoms with van der Waals surface area (Å²) in [7, 11) is 0. The molecule has 0 fully saturated rings. The van der Waals surface area contributed by atoms with Crippen molar-refractivity contribution in [3.8, 4) is 0 Å². The molecule has 0 bridgehead atoms. The van der Waals surface area contributed by atoms with Gasteiger partial charge < -0.3 is 11.1 Å². The maximum absolute atomic E-state index is 5.89. The average Bonchev–Trinajstić information content (AvgIpc) is 2.73. The average molecular weight is 285 g/mol. The van der Waals surface area contributed by atoms with Gasteiger partial charge in [0.25, 0.3) is 0 Å². The van der Waals surface area contributed by atoms with E-state index in [1.807, 2.05) is 42.8 Å². The lowest BCUT2D eigenvalue weighted by atomic mass is 10.2. The first-order valence-corrected chi connectivity index (χ1v) is 7.19. The molecule has 5 heteroatoms. The molecule has 5 nitrogen and oxygen atoms in total. The molecule has 1 aromatic carbocycles. The van der Waals surface area contributed by atoms with Crippen LogP contribution in [-0.4, -0.2) is 22.3 Å². The smallest absolute Gasteiger partial charge is 0.193 e. The van der Waals surface area contributed by atoms with E-state index in [0.29, 0.717) is 12.5 Å². The number of aromatic nitrogens is 2. The van der Waals surface area contributed by atoms with Crippen LogP contribution < -0.4 is 11.1 Å². The first-order valence-electron chi connectivity index (χ1n) is 7.19. The molecule has 112 valence electrons. The van der Waals surface area contributed by atoms with Crippen molar-refractivity contribution in [2.24, 2.45) is 10.7 Å². The second-order valence-electron chi connectivity index (χ2n) is 5.27. The normalized spacial score (nSPS) is 11.7. The van der Waals surface area contributed by atoms with Crippen molar-refractivity contribution in [3.63, 3.8) is 0 Å². The van der Waals surface area contributed by atoms with Crippen molar-refractivity contribution in [2.75, 3.05) is 11.9 Å². The second-order valence-corrected chi connectivity index (χ2v) is 5.27. The van der Waals surface area contributed by atoms with Crippen LogP contribution in [0.4, 0.5) is 5.69 Å². The summed E-state index contributed by atoms with van der Waals surface area (Å²) in [5.74, 6) is 0.453. The zero-order chi connectivity index (χ0) is 15.2. The fraction of sp³-hybridized carbons (Fsp3) is 0.375. The van der Waals surface area contributed by atoms with Crippen LogP contribution in [0.5, 0.6) is 0 Å². The summed E-state index contributed by atoms with van der Waals surface area (Å²) in [4.78, 5) is 4.34. The summed E-state index contributed by atoms with van der Waals surface area (Å²) < 4.78 is 2.01. The number of hydrogen-bond donors (Lipinski definition) is 2. The van der Waals surface area contributed by atoms with Gasteiger partial charge in [-0.05, 0) is 51.0 Å². The Morgan fingerprint density at radius 2 is 2.10 bits per heavy atom. The van der Waals surface area contributed by atoms with Crippen LogP contribution in [0.3, 0.4) is 0 Å². The SMILES string of the molecule is Cc1cccc(NC(N)=NCCCn2nc(C)cc2C)c1. The molecule has 2 rings (SSSR count). The van der Waals surface area contributed by atoms with Gasteiger partial charge in [0.05, 0.1) is 5.69 Å². The monoisotopic (exact) mass is 285 g/mol. The Morgan fingerprint density at radius 1 is 1.29 bits per heavy atom. The summed E-state index contributed by atoms with van der Waals surface area (Å²) in [5, 5.41) is 7.53. The number of aliphatic imine (C=N–C) groups is 1. The van der Waals surface area contributed by atoms with Crippen LogP contribution in [0, 0.1) is 20.8 Å². The summed E-state index contributed by atoms with van der Waals surface area (Å²) in [6, 6.07) is 10.1. The van der Waals surface area contributed by atoms with Gasteiger partial charge in [0.1, 0.15) is 0 Å². The molecule has 1 heterocycles. The zero-order valence-corrected chi connectivity index (χ0v) is 12.9. The number of guanidine groups is 1. The summed E-state index contributed by atoms with van der Waals surface area (Å²) >= 11 is 0. The number of nitrogens with two attached hydrogens (primary N) is 1. The van der Waals surface area contributed by atoms with Gasteiger partial charge in [0.2, 0.25) is 0 Å². The standard InChI is InChI=1S/C16H23N5/c1-12-6-4-7-15(10-12)19-16(17)18-8-5-9-21-14(3)11-13(2)20-21/h4,6-7,10-11H,5,8-9H2,1-3H3,(H3,17,18,19). The molecule has 0 aliphatic heterocycles. The van der Waals surface area contributed by atoms with E-state index in [-0.39, 0.29) is 0 Å². The largest absolute Gasteiger partial charge is 0.370 e. The van der Waals surface area contributed by atoms with Crippen molar-refractivity contribution in [2.45, 2.75) is 33.7 Å². The van der Waals surface area contributed by atoms with E-state index in [0.717, 1.165) is 24.3 Å². The lowest BCUT2D eigenvalue weighted by molar-refractivity contribution is 0.568. The fourth-order valence-corrected chi connectivity index (χ4v) is 2.23. The molecule has 21 heavy (non-hydrogen) atoms. The third-order valence-corrected chi connectivity index (χ3v) is 3.20. The molecule has 0 amide bonds. The van der Waals surface area contributed by atoms with E-state index in [4.69, 9.17) is 5.73 Å². The van der Waals surface area contributed by atoms with Crippen LogP contribution in [0.1, 0.15) is 23.4 Å². The predicted octanol–water partition coefficient (Wildman–Crippen LogP) is 2.63. The van der Waals surface area contributed by atoms with E-state index in [1.165, 1.54) is 11.3 Å². The number of rotatable bonds is 5. The number of hydrogen-bond acceptors (Lipinski definition) is 2. The van der Waals surface area contributed by atoms with Crippen LogP contribution in [-0.2, 0) is 6.54 Å². The Kier molecular flexibility index (Phi) is 4.98. The Bertz CT molecular complexity index is 627. The highest BCUT2D eigenvalue weighted by atomic mass is 15.3. The number of anilines is 1. The number of nitrogens with one attached hydrogen (secondary N) is 1. The summed E-state index contributed by atoms with van der Waals surface area (Å²) in [6.07, 6.45) is 0.915. The van der Waals surface area contributed by atoms with Gasteiger partial charge in [-0.3, -0.25) is 9.67 Å².